The molecule has 0 spiro atoms. The molecule has 2 aliphatic heterocycles. The normalized spacial score (nSPS) is 23.2. The fourth-order valence-electron chi connectivity index (χ4n) is 3.30. The van der Waals surface area contributed by atoms with Crippen molar-refractivity contribution in [3.63, 3.8) is 0 Å². The van der Waals surface area contributed by atoms with Crippen molar-refractivity contribution < 1.29 is 19.1 Å². The van der Waals surface area contributed by atoms with Gasteiger partial charge in [-0.05, 0) is 25.1 Å². The van der Waals surface area contributed by atoms with Gasteiger partial charge >= 0.3 is 5.97 Å². The number of hydrogen-bond acceptors (Lipinski definition) is 5. The van der Waals surface area contributed by atoms with Crippen LogP contribution in [-0.2, 0) is 19.1 Å². The van der Waals surface area contributed by atoms with Crippen LogP contribution in [0.15, 0.2) is 24.3 Å². The first-order valence-corrected chi connectivity index (χ1v) is 10.1. The van der Waals surface area contributed by atoms with Crippen molar-refractivity contribution >= 4 is 46.8 Å². The van der Waals surface area contributed by atoms with E-state index in [9.17, 15) is 14.4 Å². The molecular weight excluding hydrogens is 376 g/mol. The Morgan fingerprint density at radius 1 is 1.38 bits per heavy atom. The number of anilines is 1. The predicted molar refractivity (Wildman–Crippen MR) is 101 cm³/mol. The van der Waals surface area contributed by atoms with Crippen LogP contribution in [-0.4, -0.2) is 59.9 Å². The van der Waals surface area contributed by atoms with Gasteiger partial charge in [0, 0.05) is 41.7 Å². The standard InChI is InChI=1S/C18H21ClN2O4S/c1-2-25-18(24)15-11-26-7-6-20(15)17(23)12-8-16(22)21(10-12)14-5-3-4-13(19)9-14/h3-5,9,12,15H,2,6-8,10-11H2,1H3/t12-,15-/m1/s1. The lowest BCUT2D eigenvalue weighted by Gasteiger charge is -2.35. The molecule has 0 bridgehead atoms. The van der Waals surface area contributed by atoms with E-state index in [1.165, 1.54) is 0 Å². The van der Waals surface area contributed by atoms with E-state index in [4.69, 9.17) is 16.3 Å². The number of hydrogen-bond donors (Lipinski definition) is 0. The Labute approximate surface area is 161 Å². The summed E-state index contributed by atoms with van der Waals surface area (Å²) in [5.41, 5.74) is 0.689. The third-order valence-corrected chi connectivity index (χ3v) is 5.82. The second-order valence-corrected chi connectivity index (χ2v) is 7.85. The molecule has 3 rings (SSSR count). The Bertz CT molecular complexity index is 714. The van der Waals surface area contributed by atoms with E-state index < -0.39 is 12.0 Å². The fraction of sp³-hybridized carbons (Fsp3) is 0.500. The summed E-state index contributed by atoms with van der Waals surface area (Å²) in [5.74, 6) is 0.223. The molecule has 2 aliphatic rings. The Kier molecular flexibility index (Phi) is 6.09. The molecule has 1 aromatic rings. The molecule has 2 amide bonds. The molecule has 0 radical (unpaired) electrons. The smallest absolute Gasteiger partial charge is 0.329 e. The Morgan fingerprint density at radius 2 is 2.19 bits per heavy atom. The number of halogens is 1. The van der Waals surface area contributed by atoms with Crippen LogP contribution >= 0.6 is 23.4 Å². The van der Waals surface area contributed by atoms with E-state index in [1.54, 1.807) is 52.8 Å². The van der Waals surface area contributed by atoms with Crippen molar-refractivity contribution in [2.75, 3.05) is 36.1 Å². The maximum atomic E-state index is 13.0. The van der Waals surface area contributed by atoms with Gasteiger partial charge in [0.25, 0.3) is 0 Å². The highest BCUT2D eigenvalue weighted by molar-refractivity contribution is 7.99. The number of esters is 1. The molecule has 0 aliphatic carbocycles. The molecule has 8 heteroatoms. The van der Waals surface area contributed by atoms with Gasteiger partial charge in [-0.2, -0.15) is 11.8 Å². The van der Waals surface area contributed by atoms with Gasteiger partial charge in [-0.15, -0.1) is 0 Å². The van der Waals surface area contributed by atoms with E-state index >= 15 is 0 Å². The monoisotopic (exact) mass is 396 g/mol. The number of benzene rings is 1. The highest BCUT2D eigenvalue weighted by Gasteiger charge is 2.41. The van der Waals surface area contributed by atoms with Crippen LogP contribution < -0.4 is 4.90 Å². The number of nitrogens with zero attached hydrogens (tertiary/aromatic N) is 2. The molecule has 0 unspecified atom stereocenters. The van der Waals surface area contributed by atoms with Gasteiger partial charge in [-0.1, -0.05) is 17.7 Å². The van der Waals surface area contributed by atoms with Crippen LogP contribution in [0.25, 0.3) is 0 Å². The average Bonchev–Trinajstić information content (AvgIpc) is 3.03. The van der Waals surface area contributed by atoms with Crippen molar-refractivity contribution in [2.45, 2.75) is 19.4 Å². The van der Waals surface area contributed by atoms with E-state index in [0.717, 1.165) is 5.75 Å². The molecule has 1 aromatic carbocycles. The molecule has 140 valence electrons. The molecule has 26 heavy (non-hydrogen) atoms. The van der Waals surface area contributed by atoms with Gasteiger partial charge in [-0.25, -0.2) is 4.79 Å². The van der Waals surface area contributed by atoms with Crippen LogP contribution in [0, 0.1) is 5.92 Å². The molecule has 2 saturated heterocycles. The number of thioether (sulfide) groups is 1. The van der Waals surface area contributed by atoms with Crippen LogP contribution in [0.4, 0.5) is 5.69 Å². The number of amides is 2. The van der Waals surface area contributed by atoms with E-state index in [1.807, 2.05) is 0 Å². The van der Waals surface area contributed by atoms with Crippen molar-refractivity contribution in [2.24, 2.45) is 5.92 Å². The summed E-state index contributed by atoms with van der Waals surface area (Å²) in [7, 11) is 0. The fourth-order valence-corrected chi connectivity index (χ4v) is 4.52. The first-order chi connectivity index (χ1) is 12.5. The summed E-state index contributed by atoms with van der Waals surface area (Å²) in [4.78, 5) is 40.8. The van der Waals surface area contributed by atoms with Crippen LogP contribution in [0.3, 0.4) is 0 Å². The number of ether oxygens (including phenoxy) is 1. The van der Waals surface area contributed by atoms with E-state index in [-0.39, 0.29) is 30.8 Å². The van der Waals surface area contributed by atoms with Gasteiger partial charge in [0.15, 0.2) is 0 Å². The highest BCUT2D eigenvalue weighted by atomic mass is 35.5. The Hall–Kier alpha value is -1.73. The first kappa shape index (κ1) is 19.0. The highest BCUT2D eigenvalue weighted by Crippen LogP contribution is 2.29. The largest absolute Gasteiger partial charge is 0.464 e. The summed E-state index contributed by atoms with van der Waals surface area (Å²) in [6.07, 6.45) is 0.143. The van der Waals surface area contributed by atoms with Crippen LogP contribution in [0.2, 0.25) is 5.02 Å². The molecule has 0 saturated carbocycles. The summed E-state index contributed by atoms with van der Waals surface area (Å²) >= 11 is 7.64. The summed E-state index contributed by atoms with van der Waals surface area (Å²) in [6.45, 7) is 2.83. The van der Waals surface area contributed by atoms with E-state index in [2.05, 4.69) is 0 Å². The number of carbonyl (C=O) groups is 3. The number of carbonyl (C=O) groups excluding carboxylic acids is 3. The zero-order chi connectivity index (χ0) is 18.7. The van der Waals surface area contributed by atoms with Crippen molar-refractivity contribution in [3.8, 4) is 0 Å². The molecule has 2 heterocycles. The van der Waals surface area contributed by atoms with Gasteiger partial charge in [0.05, 0.1) is 12.5 Å². The summed E-state index contributed by atoms with van der Waals surface area (Å²) < 4.78 is 5.11. The second kappa shape index (κ2) is 8.31. The Morgan fingerprint density at radius 3 is 2.92 bits per heavy atom. The Balaban J connectivity index is 1.73. The van der Waals surface area contributed by atoms with Crippen molar-refractivity contribution in [1.29, 1.82) is 0 Å². The maximum Gasteiger partial charge on any atom is 0.329 e. The van der Waals surface area contributed by atoms with Gasteiger partial charge < -0.3 is 14.5 Å². The molecule has 2 atom stereocenters. The van der Waals surface area contributed by atoms with E-state index in [0.29, 0.717) is 29.6 Å². The number of rotatable bonds is 4. The zero-order valence-electron chi connectivity index (χ0n) is 14.5. The van der Waals surface area contributed by atoms with Gasteiger partial charge in [-0.3, -0.25) is 9.59 Å². The molecular formula is C18H21ClN2O4S. The van der Waals surface area contributed by atoms with Gasteiger partial charge in [0.1, 0.15) is 6.04 Å². The third-order valence-electron chi connectivity index (χ3n) is 4.56. The average molecular weight is 397 g/mol. The summed E-state index contributed by atoms with van der Waals surface area (Å²) in [5, 5.41) is 0.542. The van der Waals surface area contributed by atoms with Crippen molar-refractivity contribution in [1.82, 2.24) is 4.90 Å². The second-order valence-electron chi connectivity index (χ2n) is 6.26. The molecule has 2 fully saturated rings. The third kappa shape index (κ3) is 3.99. The van der Waals surface area contributed by atoms with Crippen LogP contribution in [0.1, 0.15) is 13.3 Å². The quantitative estimate of drug-likeness (QED) is 0.730. The summed E-state index contributed by atoms with van der Waals surface area (Å²) in [6, 6.07) is 6.46. The maximum absolute atomic E-state index is 13.0. The van der Waals surface area contributed by atoms with Gasteiger partial charge in [0.2, 0.25) is 11.8 Å². The SMILES string of the molecule is CCOC(=O)[C@H]1CSCCN1C(=O)[C@@H]1CC(=O)N(c2cccc(Cl)c2)C1. The minimum Gasteiger partial charge on any atom is -0.464 e. The van der Waals surface area contributed by atoms with Crippen molar-refractivity contribution in [3.05, 3.63) is 29.3 Å². The molecule has 6 nitrogen and oxygen atoms in total. The molecule has 0 N–H and O–H groups in total. The predicted octanol–water partition coefficient (Wildman–Crippen LogP) is 2.20. The van der Waals surface area contributed by atoms with Crippen LogP contribution in [0.5, 0.6) is 0 Å². The lowest BCUT2D eigenvalue weighted by atomic mass is 10.1. The topological polar surface area (TPSA) is 66.9 Å². The molecule has 0 aromatic heterocycles. The first-order valence-electron chi connectivity index (χ1n) is 8.62. The zero-order valence-corrected chi connectivity index (χ0v) is 16.1. The lowest BCUT2D eigenvalue weighted by molar-refractivity contribution is -0.155. The lowest BCUT2D eigenvalue weighted by Crippen LogP contribution is -2.53. The minimum atomic E-state index is -0.573. The minimum absolute atomic E-state index is 0.107.